The third kappa shape index (κ3) is 2.41. The lowest BCUT2D eigenvalue weighted by atomic mass is 10.2. The van der Waals surface area contributed by atoms with Gasteiger partial charge in [0.25, 0.3) is 0 Å². The molecule has 2 heterocycles. The van der Waals surface area contributed by atoms with Gasteiger partial charge in [0.15, 0.2) is 0 Å². The predicted octanol–water partition coefficient (Wildman–Crippen LogP) is 1.92. The molecule has 0 N–H and O–H groups in total. The summed E-state index contributed by atoms with van der Waals surface area (Å²) >= 11 is 3.34. The number of pyridine rings is 1. The molecule has 0 amide bonds. The molecule has 2 rings (SSSR count). The first-order valence-corrected chi connectivity index (χ1v) is 5.77. The van der Waals surface area contributed by atoms with Crippen molar-refractivity contribution in [3.05, 3.63) is 41.5 Å². The van der Waals surface area contributed by atoms with E-state index in [1.807, 2.05) is 25.3 Å². The van der Waals surface area contributed by atoms with E-state index in [-0.39, 0.29) is 0 Å². The lowest BCUT2D eigenvalue weighted by Crippen LogP contribution is -2.04. The molecule has 0 atom stereocenters. The molecule has 0 radical (unpaired) electrons. The van der Waals surface area contributed by atoms with Crippen molar-refractivity contribution in [1.82, 2.24) is 20.0 Å². The summed E-state index contributed by atoms with van der Waals surface area (Å²) in [6.45, 7) is 2.72. The molecule has 5 heteroatoms. The summed E-state index contributed by atoms with van der Waals surface area (Å²) in [5.74, 6) is 0. The van der Waals surface area contributed by atoms with Crippen LogP contribution in [0.4, 0.5) is 0 Å². The summed E-state index contributed by atoms with van der Waals surface area (Å²) in [6.07, 6.45) is 3.72. The van der Waals surface area contributed by atoms with Crippen molar-refractivity contribution >= 4 is 15.9 Å². The molecule has 0 fully saturated rings. The molecule has 2 aromatic heterocycles. The smallest absolute Gasteiger partial charge is 0.0932 e. The van der Waals surface area contributed by atoms with Gasteiger partial charge in [-0.25, -0.2) is 4.68 Å². The van der Waals surface area contributed by atoms with Crippen LogP contribution in [0.15, 0.2) is 24.5 Å². The molecule has 0 aliphatic heterocycles. The molecule has 0 bridgehead atoms. The van der Waals surface area contributed by atoms with Gasteiger partial charge in [-0.05, 0) is 18.6 Å². The second-order valence-corrected chi connectivity index (χ2v) is 3.87. The van der Waals surface area contributed by atoms with Gasteiger partial charge in [-0.1, -0.05) is 27.2 Å². The lowest BCUT2D eigenvalue weighted by molar-refractivity contribution is 0.636. The first-order valence-electron chi connectivity index (χ1n) is 4.65. The Morgan fingerprint density at radius 2 is 2.33 bits per heavy atom. The highest BCUT2D eigenvalue weighted by atomic mass is 79.9. The highest BCUT2D eigenvalue weighted by Crippen LogP contribution is 2.06. The number of hydrogen-bond donors (Lipinski definition) is 0. The molecule has 2 aromatic rings. The zero-order valence-corrected chi connectivity index (χ0v) is 9.98. The van der Waals surface area contributed by atoms with Gasteiger partial charge in [0.05, 0.1) is 17.9 Å². The Balaban J connectivity index is 2.18. The summed E-state index contributed by atoms with van der Waals surface area (Å²) in [5, 5.41) is 8.75. The third-order valence-electron chi connectivity index (χ3n) is 2.15. The van der Waals surface area contributed by atoms with Crippen LogP contribution < -0.4 is 0 Å². The molecule has 15 heavy (non-hydrogen) atoms. The van der Waals surface area contributed by atoms with E-state index in [1.165, 1.54) is 5.56 Å². The Morgan fingerprint density at radius 3 is 3.00 bits per heavy atom. The minimum atomic E-state index is 0.673. The van der Waals surface area contributed by atoms with Gasteiger partial charge in [0.2, 0.25) is 0 Å². The standard InChI is InChI=1S/C10H11BrN4/c1-8-3-2-4-12-10(8)7-15-6-9(5-11)13-14-15/h2-4,6H,5,7H2,1H3. The van der Waals surface area contributed by atoms with Crippen LogP contribution >= 0.6 is 15.9 Å². The normalized spacial score (nSPS) is 10.5. The first-order chi connectivity index (χ1) is 7.29. The van der Waals surface area contributed by atoms with Gasteiger partial charge in [-0.2, -0.15) is 0 Å². The molecule has 0 aliphatic carbocycles. The van der Waals surface area contributed by atoms with Gasteiger partial charge in [0.1, 0.15) is 0 Å². The number of aryl methyl sites for hydroxylation is 1. The van der Waals surface area contributed by atoms with E-state index in [1.54, 1.807) is 10.9 Å². The van der Waals surface area contributed by atoms with Crippen LogP contribution in [0.5, 0.6) is 0 Å². The highest BCUT2D eigenvalue weighted by molar-refractivity contribution is 9.08. The van der Waals surface area contributed by atoms with Crippen LogP contribution in [-0.2, 0) is 11.9 Å². The quantitative estimate of drug-likeness (QED) is 0.798. The van der Waals surface area contributed by atoms with Crippen LogP contribution in [0.25, 0.3) is 0 Å². The second-order valence-electron chi connectivity index (χ2n) is 3.31. The van der Waals surface area contributed by atoms with Crippen molar-refractivity contribution in [2.75, 3.05) is 0 Å². The van der Waals surface area contributed by atoms with Gasteiger partial charge in [-0.3, -0.25) is 4.98 Å². The van der Waals surface area contributed by atoms with Crippen LogP contribution in [0.2, 0.25) is 0 Å². The number of aromatic nitrogens is 4. The van der Waals surface area contributed by atoms with Crippen molar-refractivity contribution in [1.29, 1.82) is 0 Å². The molecular formula is C10H11BrN4. The van der Waals surface area contributed by atoms with Gasteiger partial charge >= 0.3 is 0 Å². The van der Waals surface area contributed by atoms with Crippen LogP contribution in [0.1, 0.15) is 17.0 Å². The Morgan fingerprint density at radius 1 is 1.47 bits per heavy atom. The number of nitrogens with zero attached hydrogens (tertiary/aromatic N) is 4. The maximum absolute atomic E-state index is 4.31. The Hall–Kier alpha value is -1.23. The van der Waals surface area contributed by atoms with E-state index in [0.717, 1.165) is 16.7 Å². The molecule has 0 unspecified atom stereocenters. The van der Waals surface area contributed by atoms with E-state index in [0.29, 0.717) is 6.54 Å². The van der Waals surface area contributed by atoms with Crippen molar-refractivity contribution in [3.63, 3.8) is 0 Å². The number of hydrogen-bond acceptors (Lipinski definition) is 3. The zero-order chi connectivity index (χ0) is 10.7. The fraction of sp³-hybridized carbons (Fsp3) is 0.300. The van der Waals surface area contributed by atoms with Gasteiger partial charge in [-0.15, -0.1) is 5.10 Å². The summed E-state index contributed by atoms with van der Waals surface area (Å²) < 4.78 is 1.80. The minimum absolute atomic E-state index is 0.673. The maximum Gasteiger partial charge on any atom is 0.0932 e. The average Bonchev–Trinajstić information content (AvgIpc) is 2.69. The van der Waals surface area contributed by atoms with E-state index in [2.05, 4.69) is 31.2 Å². The Bertz CT molecular complexity index is 452. The summed E-state index contributed by atoms with van der Waals surface area (Å²) in [6, 6.07) is 3.98. The van der Waals surface area contributed by atoms with E-state index < -0.39 is 0 Å². The average molecular weight is 267 g/mol. The predicted molar refractivity (Wildman–Crippen MR) is 60.7 cm³/mol. The lowest BCUT2D eigenvalue weighted by Gasteiger charge is -2.02. The largest absolute Gasteiger partial charge is 0.259 e. The summed E-state index contributed by atoms with van der Waals surface area (Å²) in [4.78, 5) is 4.31. The molecular weight excluding hydrogens is 256 g/mol. The van der Waals surface area contributed by atoms with E-state index >= 15 is 0 Å². The molecule has 78 valence electrons. The van der Waals surface area contributed by atoms with Crippen molar-refractivity contribution in [2.24, 2.45) is 0 Å². The third-order valence-corrected chi connectivity index (χ3v) is 2.73. The van der Waals surface area contributed by atoms with Gasteiger partial charge in [0, 0.05) is 17.7 Å². The molecule has 0 aliphatic rings. The minimum Gasteiger partial charge on any atom is -0.259 e. The van der Waals surface area contributed by atoms with E-state index in [4.69, 9.17) is 0 Å². The van der Waals surface area contributed by atoms with Crippen LogP contribution in [-0.4, -0.2) is 20.0 Å². The fourth-order valence-corrected chi connectivity index (χ4v) is 1.57. The fourth-order valence-electron chi connectivity index (χ4n) is 1.31. The molecule has 0 spiro atoms. The maximum atomic E-state index is 4.31. The first kappa shape index (κ1) is 10.3. The molecule has 4 nitrogen and oxygen atoms in total. The SMILES string of the molecule is Cc1cccnc1Cn1cc(CBr)nn1. The van der Waals surface area contributed by atoms with E-state index in [9.17, 15) is 0 Å². The van der Waals surface area contributed by atoms with Crippen molar-refractivity contribution in [2.45, 2.75) is 18.8 Å². The Labute approximate surface area is 96.5 Å². The molecule has 0 aromatic carbocycles. The van der Waals surface area contributed by atoms with Crippen molar-refractivity contribution < 1.29 is 0 Å². The topological polar surface area (TPSA) is 43.6 Å². The van der Waals surface area contributed by atoms with Gasteiger partial charge < -0.3 is 0 Å². The van der Waals surface area contributed by atoms with Crippen LogP contribution in [0, 0.1) is 6.92 Å². The van der Waals surface area contributed by atoms with Crippen molar-refractivity contribution in [3.8, 4) is 0 Å². The molecule has 0 saturated carbocycles. The zero-order valence-electron chi connectivity index (χ0n) is 8.39. The summed E-state index contributed by atoms with van der Waals surface area (Å²) in [7, 11) is 0. The number of rotatable bonds is 3. The second kappa shape index (κ2) is 4.53. The monoisotopic (exact) mass is 266 g/mol. The Kier molecular flexibility index (Phi) is 3.11. The number of halogens is 1. The molecule has 0 saturated heterocycles. The summed E-state index contributed by atoms with van der Waals surface area (Å²) in [5.41, 5.74) is 3.14. The van der Waals surface area contributed by atoms with Crippen LogP contribution in [0.3, 0.4) is 0 Å². The number of alkyl halides is 1. The highest BCUT2D eigenvalue weighted by Gasteiger charge is 2.02.